The number of nitriles is 4. The molecule has 0 saturated heterocycles. The number of nitrogens with zero attached hydrogens (tertiary/aromatic N) is 12. The van der Waals surface area contributed by atoms with Gasteiger partial charge in [-0.1, -0.05) is 36.4 Å². The van der Waals surface area contributed by atoms with E-state index in [0.717, 1.165) is 32.3 Å². The van der Waals surface area contributed by atoms with Crippen LogP contribution < -0.4 is 0 Å². The molecule has 4 aromatic carbocycles. The average Bonchev–Trinajstić information content (AvgIpc) is 3.01. The number of aromatic nitrogens is 8. The Morgan fingerprint density at radius 2 is 0.625 bits per heavy atom. The second kappa shape index (κ2) is 7.39. The maximum atomic E-state index is 9.43. The molecular weight excluding hydrogens is 504 g/mol. The zero-order valence-electron chi connectivity index (χ0n) is 19.8. The summed E-state index contributed by atoms with van der Waals surface area (Å²) in [7, 11) is 0. The Hall–Kier alpha value is -6.76. The van der Waals surface area contributed by atoms with Gasteiger partial charge < -0.3 is 0 Å². The lowest BCUT2D eigenvalue weighted by atomic mass is 9.91. The summed E-state index contributed by atoms with van der Waals surface area (Å²) in [5.41, 5.74) is 2.36. The minimum Gasteiger partial charge on any atom is -0.223 e. The van der Waals surface area contributed by atoms with Crippen molar-refractivity contribution in [2.75, 3.05) is 0 Å². The summed E-state index contributed by atoms with van der Waals surface area (Å²) in [6.45, 7) is 0. The first-order valence-electron chi connectivity index (χ1n) is 11.7. The number of hydrogen-bond acceptors (Lipinski definition) is 12. The van der Waals surface area contributed by atoms with Crippen molar-refractivity contribution in [1.82, 2.24) is 39.9 Å². The fourth-order valence-corrected chi connectivity index (χ4v) is 5.27. The van der Waals surface area contributed by atoms with E-state index in [-0.39, 0.29) is 45.4 Å². The van der Waals surface area contributed by atoms with Crippen LogP contribution in [0.2, 0.25) is 0 Å². The van der Waals surface area contributed by atoms with Crippen LogP contribution in [0.5, 0.6) is 0 Å². The largest absolute Gasteiger partial charge is 0.223 e. The van der Waals surface area contributed by atoms with E-state index in [4.69, 9.17) is 19.9 Å². The van der Waals surface area contributed by atoms with Crippen LogP contribution in [0.25, 0.3) is 77.0 Å². The van der Waals surface area contributed by atoms with Crippen LogP contribution in [0, 0.1) is 45.3 Å². The molecule has 0 aliphatic heterocycles. The van der Waals surface area contributed by atoms with Crippen molar-refractivity contribution in [3.8, 4) is 24.3 Å². The van der Waals surface area contributed by atoms with E-state index in [9.17, 15) is 21.0 Å². The summed E-state index contributed by atoms with van der Waals surface area (Å²) < 4.78 is 0. The van der Waals surface area contributed by atoms with Crippen LogP contribution in [0.4, 0.5) is 0 Å². The van der Waals surface area contributed by atoms with Crippen LogP contribution in [0.3, 0.4) is 0 Å². The second-order valence-corrected chi connectivity index (χ2v) is 8.88. The van der Waals surface area contributed by atoms with Crippen LogP contribution >= 0.6 is 0 Å². The molecule has 8 rings (SSSR count). The molecule has 12 nitrogen and oxygen atoms in total. The predicted octanol–water partition coefficient (Wildman–Crippen LogP) is 3.84. The van der Waals surface area contributed by atoms with Gasteiger partial charge in [-0.15, -0.1) is 0 Å². The Morgan fingerprint density at radius 3 is 0.850 bits per heavy atom. The maximum Gasteiger partial charge on any atom is 0.199 e. The number of fused-ring (bicyclic) bond motifs is 8. The molecule has 40 heavy (non-hydrogen) atoms. The SMILES string of the molecule is N#Cc1nc2nc3c4cccc5c6nc7nc(C#N)c(C#N)nc7nc6c6cccc(c3nc2nc1C#N)c6c45. The van der Waals surface area contributed by atoms with E-state index < -0.39 is 0 Å². The van der Waals surface area contributed by atoms with E-state index in [2.05, 4.69) is 19.9 Å². The first kappa shape index (κ1) is 21.3. The lowest BCUT2D eigenvalue weighted by Gasteiger charge is -2.16. The van der Waals surface area contributed by atoms with Gasteiger partial charge in [0.15, 0.2) is 45.4 Å². The Bertz CT molecular complexity index is 2290. The molecule has 4 heterocycles. The second-order valence-electron chi connectivity index (χ2n) is 8.88. The van der Waals surface area contributed by atoms with Crippen LogP contribution in [0.15, 0.2) is 36.4 Å². The quantitative estimate of drug-likeness (QED) is 0.211. The molecule has 0 unspecified atom stereocenters. The Kier molecular flexibility index (Phi) is 3.94. The zero-order valence-corrected chi connectivity index (χ0v) is 19.8. The zero-order chi connectivity index (χ0) is 27.1. The van der Waals surface area contributed by atoms with Crippen molar-refractivity contribution < 1.29 is 0 Å². The van der Waals surface area contributed by atoms with E-state index in [1.54, 1.807) is 0 Å². The van der Waals surface area contributed by atoms with Crippen molar-refractivity contribution in [1.29, 1.82) is 21.0 Å². The highest BCUT2D eigenvalue weighted by Gasteiger charge is 2.22. The summed E-state index contributed by atoms with van der Waals surface area (Å²) >= 11 is 0. The average molecular weight is 510 g/mol. The highest BCUT2D eigenvalue weighted by molar-refractivity contribution is 6.38. The molecule has 0 aliphatic rings. The van der Waals surface area contributed by atoms with Gasteiger partial charge >= 0.3 is 0 Å². The van der Waals surface area contributed by atoms with Gasteiger partial charge in [-0.3, -0.25) is 0 Å². The highest BCUT2D eigenvalue weighted by Crippen LogP contribution is 2.43. The fourth-order valence-electron chi connectivity index (χ4n) is 5.27. The smallest absolute Gasteiger partial charge is 0.199 e. The molecule has 0 radical (unpaired) electrons. The van der Waals surface area contributed by atoms with Gasteiger partial charge in [0.25, 0.3) is 0 Å². The molecule has 178 valence electrons. The Balaban J connectivity index is 1.62. The van der Waals surface area contributed by atoms with Gasteiger partial charge in [-0.2, -0.15) is 21.0 Å². The minimum atomic E-state index is -0.119. The third kappa shape index (κ3) is 2.58. The molecular formula is C28H6N12. The summed E-state index contributed by atoms with van der Waals surface area (Å²) in [6.07, 6.45) is 0. The van der Waals surface area contributed by atoms with Gasteiger partial charge in [0.05, 0.1) is 22.1 Å². The molecule has 0 amide bonds. The summed E-state index contributed by atoms with van der Waals surface area (Å²) in [5.74, 6) is 0. The Labute approximate surface area is 221 Å². The molecule has 0 saturated carbocycles. The van der Waals surface area contributed by atoms with Gasteiger partial charge in [-0.05, 0) is 0 Å². The van der Waals surface area contributed by atoms with Crippen LogP contribution in [-0.2, 0) is 0 Å². The lowest BCUT2D eigenvalue weighted by molar-refractivity contribution is 1.14. The summed E-state index contributed by atoms with van der Waals surface area (Å²) in [4.78, 5) is 36.0. The molecule has 0 bridgehead atoms. The first-order chi connectivity index (χ1) is 19.6. The standard InChI is InChI=1S/C28H6N12/c29-7-15-17(9-31)35-27-25(33-15)37-21-11-3-1-4-12-19(11)20-13(23(21)39-27)5-2-6-14(20)24-22(12)38-26-28(40-24)36-18(10-32)16(8-30)34-26/h1-6H. The van der Waals surface area contributed by atoms with Gasteiger partial charge in [0, 0.05) is 32.3 Å². The van der Waals surface area contributed by atoms with E-state index in [1.165, 1.54) is 0 Å². The third-order valence-corrected chi connectivity index (χ3v) is 6.86. The molecule has 4 aromatic heterocycles. The monoisotopic (exact) mass is 510 g/mol. The number of rotatable bonds is 0. The van der Waals surface area contributed by atoms with Crippen molar-refractivity contribution in [3.05, 3.63) is 59.2 Å². The van der Waals surface area contributed by atoms with Crippen molar-refractivity contribution in [3.63, 3.8) is 0 Å². The highest BCUT2D eigenvalue weighted by atomic mass is 15.0. The van der Waals surface area contributed by atoms with E-state index in [1.807, 2.05) is 60.7 Å². The van der Waals surface area contributed by atoms with Crippen molar-refractivity contribution >= 4 is 77.0 Å². The van der Waals surface area contributed by atoms with Gasteiger partial charge in [-0.25, -0.2) is 39.9 Å². The molecule has 0 atom stereocenters. The Morgan fingerprint density at radius 1 is 0.375 bits per heavy atom. The van der Waals surface area contributed by atoms with E-state index in [0.29, 0.717) is 22.1 Å². The summed E-state index contributed by atoms with van der Waals surface area (Å²) in [5, 5.41) is 42.6. The lowest BCUT2D eigenvalue weighted by Crippen LogP contribution is -2.02. The molecule has 0 aliphatic carbocycles. The maximum absolute atomic E-state index is 9.43. The van der Waals surface area contributed by atoms with Crippen LogP contribution in [0.1, 0.15) is 22.8 Å². The molecule has 8 aromatic rings. The number of benzene rings is 4. The first-order valence-corrected chi connectivity index (χ1v) is 11.7. The number of hydrogen-bond donors (Lipinski definition) is 0. The molecule has 0 spiro atoms. The topological polar surface area (TPSA) is 198 Å². The molecule has 0 N–H and O–H groups in total. The minimum absolute atomic E-state index is 0.119. The summed E-state index contributed by atoms with van der Waals surface area (Å²) in [6, 6.07) is 19.0. The van der Waals surface area contributed by atoms with E-state index >= 15 is 0 Å². The normalized spacial score (nSPS) is 11.4. The van der Waals surface area contributed by atoms with Crippen molar-refractivity contribution in [2.24, 2.45) is 0 Å². The van der Waals surface area contributed by atoms with Crippen molar-refractivity contribution in [2.45, 2.75) is 0 Å². The molecule has 12 heteroatoms. The fraction of sp³-hybridized carbons (Fsp3) is 0. The van der Waals surface area contributed by atoms with Crippen LogP contribution in [-0.4, -0.2) is 39.9 Å². The predicted molar refractivity (Wildman–Crippen MR) is 141 cm³/mol. The third-order valence-electron chi connectivity index (χ3n) is 6.86. The van der Waals surface area contributed by atoms with Gasteiger partial charge in [0.1, 0.15) is 24.3 Å². The van der Waals surface area contributed by atoms with Gasteiger partial charge in [0.2, 0.25) is 0 Å². The molecule has 0 fully saturated rings.